The molecular weight excluding hydrogens is 142 g/mol. The molecule has 0 radical (unpaired) electrons. The van der Waals surface area contributed by atoms with Crippen LogP contribution in [0.25, 0.3) is 5.82 Å². The van der Waals surface area contributed by atoms with E-state index < -0.39 is 0 Å². The van der Waals surface area contributed by atoms with Crippen LogP contribution in [0.1, 0.15) is 0 Å². The average molecular weight is 148 g/mol. The van der Waals surface area contributed by atoms with Crippen LogP contribution in [-0.2, 0) is 0 Å². The maximum atomic E-state index is 4.59. The molecule has 2 aromatic rings. The Morgan fingerprint density at radius 1 is 1.18 bits per heavy atom. The van der Waals surface area contributed by atoms with Crippen molar-refractivity contribution in [3.05, 3.63) is 36.9 Å². The van der Waals surface area contributed by atoms with Crippen molar-refractivity contribution < 1.29 is 9.09 Å². The molecule has 0 fully saturated rings. The maximum Gasteiger partial charge on any atom is 0.396 e. The van der Waals surface area contributed by atoms with Gasteiger partial charge in [0, 0.05) is 0 Å². The zero-order valence-corrected chi connectivity index (χ0v) is 5.71. The molecule has 11 heavy (non-hydrogen) atoms. The fourth-order valence-electron chi connectivity index (χ4n) is 0.824. The summed E-state index contributed by atoms with van der Waals surface area (Å²) in [5.74, 6) is 0.686. The molecule has 0 aliphatic heterocycles. The smallest absolute Gasteiger partial charge is 0.320 e. The summed E-state index contributed by atoms with van der Waals surface area (Å²) in [6, 6.07) is 5.76. The van der Waals surface area contributed by atoms with Gasteiger partial charge in [0.15, 0.2) is 5.27 Å². The van der Waals surface area contributed by atoms with E-state index >= 15 is 0 Å². The zero-order chi connectivity index (χ0) is 7.52. The molecule has 0 N–H and O–H groups in total. The quantitative estimate of drug-likeness (QED) is 0.548. The standard InChI is InChI=1S/C7H6N3O/c1-2-4-10(5-3-1)7-6-11-9-8-7/h1-6H/q+1. The normalized spacial score (nSPS) is 9.82. The molecule has 2 rings (SSSR count). The third kappa shape index (κ3) is 1.10. The summed E-state index contributed by atoms with van der Waals surface area (Å²) in [6.07, 6.45) is 5.24. The molecule has 0 saturated heterocycles. The van der Waals surface area contributed by atoms with E-state index in [1.807, 2.05) is 35.2 Å². The lowest BCUT2D eigenvalue weighted by atomic mass is 10.5. The van der Waals surface area contributed by atoms with E-state index in [9.17, 15) is 0 Å². The summed E-state index contributed by atoms with van der Waals surface area (Å²) >= 11 is 0. The highest BCUT2D eigenvalue weighted by molar-refractivity contribution is 4.97. The Bertz CT molecular complexity index is 317. The van der Waals surface area contributed by atoms with Gasteiger partial charge in [0.2, 0.25) is 6.26 Å². The number of aromatic nitrogens is 3. The first-order chi connectivity index (χ1) is 5.47. The third-order valence-corrected chi connectivity index (χ3v) is 1.33. The second-order valence-corrected chi connectivity index (χ2v) is 2.05. The number of rotatable bonds is 1. The molecule has 0 bridgehead atoms. The molecule has 2 aromatic heterocycles. The average Bonchev–Trinajstić information content (AvgIpc) is 2.58. The van der Waals surface area contributed by atoms with E-state index in [-0.39, 0.29) is 0 Å². The highest BCUT2D eigenvalue weighted by Gasteiger charge is 2.08. The Kier molecular flexibility index (Phi) is 1.37. The lowest BCUT2D eigenvalue weighted by molar-refractivity contribution is -0.599. The van der Waals surface area contributed by atoms with Gasteiger partial charge >= 0.3 is 5.82 Å². The van der Waals surface area contributed by atoms with E-state index in [1.165, 1.54) is 6.26 Å². The minimum atomic E-state index is 0.686. The Balaban J connectivity index is 2.46. The molecular formula is C7H6N3O+. The van der Waals surface area contributed by atoms with Crippen LogP contribution < -0.4 is 4.57 Å². The van der Waals surface area contributed by atoms with Crippen molar-refractivity contribution in [1.29, 1.82) is 0 Å². The first kappa shape index (κ1) is 6.03. The van der Waals surface area contributed by atoms with Gasteiger partial charge in [-0.3, -0.25) is 0 Å². The van der Waals surface area contributed by atoms with Crippen molar-refractivity contribution in [1.82, 2.24) is 10.4 Å². The first-order valence-electron chi connectivity index (χ1n) is 3.20. The van der Waals surface area contributed by atoms with Gasteiger partial charge in [-0.15, -0.1) is 0 Å². The second-order valence-electron chi connectivity index (χ2n) is 2.05. The summed E-state index contributed by atoms with van der Waals surface area (Å²) in [5, 5.41) is 7.09. The van der Waals surface area contributed by atoms with Crippen LogP contribution in [0.5, 0.6) is 0 Å². The Morgan fingerprint density at radius 3 is 2.64 bits per heavy atom. The fourth-order valence-corrected chi connectivity index (χ4v) is 0.824. The predicted octanol–water partition coefficient (Wildman–Crippen LogP) is 0.346. The van der Waals surface area contributed by atoms with Gasteiger partial charge in [-0.1, -0.05) is 6.07 Å². The van der Waals surface area contributed by atoms with E-state index in [0.717, 1.165) is 0 Å². The lowest BCUT2D eigenvalue weighted by Crippen LogP contribution is -2.29. The zero-order valence-electron chi connectivity index (χ0n) is 5.71. The monoisotopic (exact) mass is 148 g/mol. The van der Waals surface area contributed by atoms with Crippen molar-refractivity contribution in [2.45, 2.75) is 0 Å². The van der Waals surface area contributed by atoms with Gasteiger partial charge in [-0.25, -0.2) is 0 Å². The molecule has 4 nitrogen and oxygen atoms in total. The molecule has 0 aliphatic carbocycles. The summed E-state index contributed by atoms with van der Waals surface area (Å²) < 4.78 is 6.40. The van der Waals surface area contributed by atoms with Gasteiger partial charge in [0.1, 0.15) is 5.10 Å². The van der Waals surface area contributed by atoms with E-state index in [1.54, 1.807) is 0 Å². The van der Waals surface area contributed by atoms with E-state index in [4.69, 9.17) is 0 Å². The van der Waals surface area contributed by atoms with Crippen LogP contribution in [0.15, 0.2) is 41.4 Å². The Labute approximate surface area is 63.1 Å². The van der Waals surface area contributed by atoms with Gasteiger partial charge in [0.25, 0.3) is 0 Å². The maximum absolute atomic E-state index is 4.59. The summed E-state index contributed by atoms with van der Waals surface area (Å²) in [5.41, 5.74) is 0. The van der Waals surface area contributed by atoms with E-state index in [0.29, 0.717) is 5.82 Å². The van der Waals surface area contributed by atoms with Crippen molar-refractivity contribution in [3.8, 4) is 5.82 Å². The first-order valence-corrected chi connectivity index (χ1v) is 3.20. The van der Waals surface area contributed by atoms with Crippen LogP contribution in [0, 0.1) is 0 Å². The van der Waals surface area contributed by atoms with Crippen LogP contribution in [0.4, 0.5) is 0 Å². The molecule has 0 aliphatic rings. The number of pyridine rings is 1. The Hall–Kier alpha value is -1.71. The highest BCUT2D eigenvalue weighted by Crippen LogP contribution is 1.88. The largest absolute Gasteiger partial charge is 0.396 e. The van der Waals surface area contributed by atoms with Crippen molar-refractivity contribution in [2.24, 2.45) is 0 Å². The molecule has 54 valence electrons. The molecule has 0 spiro atoms. The van der Waals surface area contributed by atoms with Gasteiger partial charge in [-0.2, -0.15) is 4.57 Å². The molecule has 0 unspecified atom stereocenters. The molecule has 0 atom stereocenters. The number of hydrogen-bond acceptors (Lipinski definition) is 3. The second kappa shape index (κ2) is 2.49. The van der Waals surface area contributed by atoms with Crippen LogP contribution >= 0.6 is 0 Å². The molecule has 0 amide bonds. The van der Waals surface area contributed by atoms with Crippen molar-refractivity contribution in [2.75, 3.05) is 0 Å². The van der Waals surface area contributed by atoms with Gasteiger partial charge in [-0.05, 0) is 12.1 Å². The minimum absolute atomic E-state index is 0.686. The van der Waals surface area contributed by atoms with E-state index in [2.05, 4.69) is 14.9 Å². The van der Waals surface area contributed by atoms with Crippen LogP contribution in [-0.4, -0.2) is 10.4 Å². The molecule has 0 aromatic carbocycles. The van der Waals surface area contributed by atoms with Crippen molar-refractivity contribution >= 4 is 0 Å². The molecule has 2 heterocycles. The van der Waals surface area contributed by atoms with Crippen molar-refractivity contribution in [3.63, 3.8) is 0 Å². The fraction of sp³-hybridized carbons (Fsp3) is 0. The highest BCUT2D eigenvalue weighted by atomic mass is 16.5. The SMILES string of the molecule is c1cc[n+](-c2conn2)cc1. The number of hydrogen-bond donors (Lipinski definition) is 0. The van der Waals surface area contributed by atoms with Gasteiger partial charge in [0.05, 0.1) is 12.4 Å². The summed E-state index contributed by atoms with van der Waals surface area (Å²) in [7, 11) is 0. The predicted molar refractivity (Wildman–Crippen MR) is 35.8 cm³/mol. The summed E-state index contributed by atoms with van der Waals surface area (Å²) in [6.45, 7) is 0. The Morgan fingerprint density at radius 2 is 2.00 bits per heavy atom. The topological polar surface area (TPSA) is 42.8 Å². The third-order valence-electron chi connectivity index (χ3n) is 1.33. The summed E-state index contributed by atoms with van der Waals surface area (Å²) in [4.78, 5) is 0. The van der Waals surface area contributed by atoms with Crippen LogP contribution in [0.2, 0.25) is 0 Å². The molecule has 4 heteroatoms. The van der Waals surface area contributed by atoms with Gasteiger partial charge < -0.3 is 4.52 Å². The molecule has 0 saturated carbocycles. The minimum Gasteiger partial charge on any atom is -0.320 e. The number of nitrogens with zero attached hydrogens (tertiary/aromatic N) is 3. The lowest BCUT2D eigenvalue weighted by Gasteiger charge is -1.86. The van der Waals surface area contributed by atoms with Crippen LogP contribution in [0.3, 0.4) is 0 Å².